The van der Waals surface area contributed by atoms with Crippen molar-refractivity contribution in [3.05, 3.63) is 42.1 Å². The van der Waals surface area contributed by atoms with Gasteiger partial charge in [0.2, 0.25) is 0 Å². The summed E-state index contributed by atoms with van der Waals surface area (Å²) < 4.78 is 0. The zero-order valence-electron chi connectivity index (χ0n) is 13.1. The van der Waals surface area contributed by atoms with Crippen LogP contribution in [-0.4, -0.2) is 29.0 Å². The fourth-order valence-corrected chi connectivity index (χ4v) is 1.98. The predicted octanol–water partition coefficient (Wildman–Crippen LogP) is 3.42. The Labute approximate surface area is 126 Å². The molecule has 0 radical (unpaired) electrons. The fraction of sp³-hybridized carbons (Fsp3) is 0.412. The minimum absolute atomic E-state index is 0.0637. The molecule has 0 saturated carbocycles. The number of para-hydroxylation sites is 1. The van der Waals surface area contributed by atoms with Gasteiger partial charge in [0, 0.05) is 18.5 Å². The Morgan fingerprint density at radius 1 is 1.19 bits per heavy atom. The van der Waals surface area contributed by atoms with Gasteiger partial charge in [0.15, 0.2) is 0 Å². The van der Waals surface area contributed by atoms with E-state index in [-0.39, 0.29) is 12.1 Å². The molecular weight excluding hydrogens is 262 g/mol. The highest BCUT2D eigenvalue weighted by Gasteiger charge is 2.14. The summed E-state index contributed by atoms with van der Waals surface area (Å²) in [4.78, 5) is 18.4. The average molecular weight is 285 g/mol. The van der Waals surface area contributed by atoms with Gasteiger partial charge in [-0.05, 0) is 25.0 Å². The SMILES string of the molecule is CC(C)C(C)NC(=O)N(C)Cc1ccc2ccccc2n1. The summed E-state index contributed by atoms with van der Waals surface area (Å²) in [6.45, 7) is 6.71. The van der Waals surface area contributed by atoms with Gasteiger partial charge in [-0.15, -0.1) is 0 Å². The summed E-state index contributed by atoms with van der Waals surface area (Å²) >= 11 is 0. The van der Waals surface area contributed by atoms with Crippen molar-refractivity contribution >= 4 is 16.9 Å². The molecule has 0 saturated heterocycles. The average Bonchev–Trinajstić information content (AvgIpc) is 2.46. The number of hydrogen-bond donors (Lipinski definition) is 1. The first-order valence-electron chi connectivity index (χ1n) is 7.33. The molecule has 2 aromatic rings. The number of rotatable bonds is 4. The molecule has 4 nitrogen and oxygen atoms in total. The quantitative estimate of drug-likeness (QED) is 0.935. The van der Waals surface area contributed by atoms with Gasteiger partial charge in [0.05, 0.1) is 17.8 Å². The lowest BCUT2D eigenvalue weighted by Crippen LogP contribution is -2.43. The summed E-state index contributed by atoms with van der Waals surface area (Å²) in [5, 5.41) is 4.11. The van der Waals surface area contributed by atoms with Crippen LogP contribution in [0, 0.1) is 5.92 Å². The molecule has 0 aliphatic rings. The maximum atomic E-state index is 12.1. The van der Waals surface area contributed by atoms with E-state index in [2.05, 4.69) is 24.1 Å². The predicted molar refractivity (Wildman–Crippen MR) is 86.0 cm³/mol. The van der Waals surface area contributed by atoms with Gasteiger partial charge in [0.25, 0.3) is 0 Å². The fourth-order valence-electron chi connectivity index (χ4n) is 1.98. The smallest absolute Gasteiger partial charge is 0.317 e. The summed E-state index contributed by atoms with van der Waals surface area (Å²) in [7, 11) is 1.79. The number of amides is 2. The van der Waals surface area contributed by atoms with Crippen molar-refractivity contribution in [1.82, 2.24) is 15.2 Å². The maximum Gasteiger partial charge on any atom is 0.317 e. The van der Waals surface area contributed by atoms with E-state index in [1.54, 1.807) is 11.9 Å². The standard InChI is InChI=1S/C17H23N3O/c1-12(2)13(3)18-17(21)20(4)11-15-10-9-14-7-5-6-8-16(14)19-15/h5-10,12-13H,11H2,1-4H3,(H,18,21). The van der Waals surface area contributed by atoms with Crippen LogP contribution in [-0.2, 0) is 6.54 Å². The normalized spacial score (nSPS) is 12.4. The lowest BCUT2D eigenvalue weighted by molar-refractivity contribution is 0.199. The minimum Gasteiger partial charge on any atom is -0.335 e. The van der Waals surface area contributed by atoms with E-state index in [0.29, 0.717) is 12.5 Å². The van der Waals surface area contributed by atoms with Crippen LogP contribution in [0.5, 0.6) is 0 Å². The number of pyridine rings is 1. The molecule has 1 atom stereocenters. The van der Waals surface area contributed by atoms with Crippen molar-refractivity contribution < 1.29 is 4.79 Å². The van der Waals surface area contributed by atoms with Gasteiger partial charge in [-0.25, -0.2) is 4.79 Å². The third-order valence-electron chi connectivity index (χ3n) is 3.75. The number of benzene rings is 1. The molecule has 0 aliphatic carbocycles. The summed E-state index contributed by atoms with van der Waals surface area (Å²) in [6, 6.07) is 12.1. The van der Waals surface area contributed by atoms with Crippen LogP contribution in [0.1, 0.15) is 26.5 Å². The molecule has 1 unspecified atom stereocenters. The first-order valence-corrected chi connectivity index (χ1v) is 7.33. The number of urea groups is 1. The molecule has 1 aromatic carbocycles. The van der Waals surface area contributed by atoms with Crippen LogP contribution in [0.2, 0.25) is 0 Å². The Morgan fingerprint density at radius 2 is 1.90 bits per heavy atom. The third-order valence-corrected chi connectivity index (χ3v) is 3.75. The third kappa shape index (κ3) is 3.94. The summed E-state index contributed by atoms with van der Waals surface area (Å²) in [6.07, 6.45) is 0. The molecule has 2 amide bonds. The van der Waals surface area contributed by atoms with Crippen LogP contribution in [0.3, 0.4) is 0 Å². The second-order valence-corrected chi connectivity index (χ2v) is 5.83. The van der Waals surface area contributed by atoms with Gasteiger partial charge in [0.1, 0.15) is 0 Å². The molecule has 1 N–H and O–H groups in total. The Hall–Kier alpha value is -2.10. The van der Waals surface area contributed by atoms with Crippen LogP contribution in [0.25, 0.3) is 10.9 Å². The van der Waals surface area contributed by atoms with Crippen LogP contribution < -0.4 is 5.32 Å². The molecule has 2 rings (SSSR count). The molecule has 21 heavy (non-hydrogen) atoms. The lowest BCUT2D eigenvalue weighted by atomic mass is 10.1. The lowest BCUT2D eigenvalue weighted by Gasteiger charge is -2.23. The molecule has 112 valence electrons. The first-order chi connectivity index (χ1) is 9.97. The highest BCUT2D eigenvalue weighted by molar-refractivity contribution is 5.78. The molecule has 0 spiro atoms. The topological polar surface area (TPSA) is 45.2 Å². The molecule has 0 fully saturated rings. The van der Waals surface area contributed by atoms with Crippen molar-refractivity contribution in [2.24, 2.45) is 5.92 Å². The number of carbonyl (C=O) groups is 1. The number of nitrogens with one attached hydrogen (secondary N) is 1. The van der Waals surface area contributed by atoms with E-state index in [0.717, 1.165) is 16.6 Å². The van der Waals surface area contributed by atoms with Crippen molar-refractivity contribution in [1.29, 1.82) is 0 Å². The molecule has 0 aliphatic heterocycles. The van der Waals surface area contributed by atoms with Crippen LogP contribution in [0.15, 0.2) is 36.4 Å². The molecule has 4 heteroatoms. The monoisotopic (exact) mass is 285 g/mol. The van der Waals surface area contributed by atoms with Crippen molar-refractivity contribution in [2.75, 3.05) is 7.05 Å². The summed E-state index contributed by atoms with van der Waals surface area (Å²) in [5.74, 6) is 0.418. The maximum absolute atomic E-state index is 12.1. The van der Waals surface area contributed by atoms with Gasteiger partial charge >= 0.3 is 6.03 Å². The molecule has 1 aromatic heterocycles. The van der Waals surface area contributed by atoms with Crippen molar-refractivity contribution in [3.8, 4) is 0 Å². The Morgan fingerprint density at radius 3 is 2.62 bits per heavy atom. The van der Waals surface area contributed by atoms with Crippen molar-refractivity contribution in [3.63, 3.8) is 0 Å². The highest BCUT2D eigenvalue weighted by Crippen LogP contribution is 2.12. The van der Waals surface area contributed by atoms with Crippen LogP contribution >= 0.6 is 0 Å². The van der Waals surface area contributed by atoms with Gasteiger partial charge in [-0.2, -0.15) is 0 Å². The van der Waals surface area contributed by atoms with Gasteiger partial charge < -0.3 is 10.2 Å². The molecule has 1 heterocycles. The highest BCUT2D eigenvalue weighted by atomic mass is 16.2. The van der Waals surface area contributed by atoms with Crippen LogP contribution in [0.4, 0.5) is 4.79 Å². The second kappa shape index (κ2) is 6.57. The van der Waals surface area contributed by atoms with Gasteiger partial charge in [-0.3, -0.25) is 4.98 Å². The van der Waals surface area contributed by atoms with Gasteiger partial charge in [-0.1, -0.05) is 38.1 Å². The largest absolute Gasteiger partial charge is 0.335 e. The number of hydrogen-bond acceptors (Lipinski definition) is 2. The number of nitrogens with zero attached hydrogens (tertiary/aromatic N) is 2. The number of fused-ring (bicyclic) bond motifs is 1. The first kappa shape index (κ1) is 15.3. The molecule has 0 bridgehead atoms. The van der Waals surface area contributed by atoms with E-state index in [4.69, 9.17) is 0 Å². The zero-order valence-corrected chi connectivity index (χ0v) is 13.1. The van der Waals surface area contributed by atoms with E-state index in [9.17, 15) is 4.79 Å². The van der Waals surface area contributed by atoms with Crippen molar-refractivity contribution in [2.45, 2.75) is 33.4 Å². The second-order valence-electron chi connectivity index (χ2n) is 5.83. The Kier molecular flexibility index (Phi) is 4.78. The Balaban J connectivity index is 2.03. The van der Waals surface area contributed by atoms with E-state index < -0.39 is 0 Å². The van der Waals surface area contributed by atoms with E-state index in [1.807, 2.05) is 43.3 Å². The zero-order chi connectivity index (χ0) is 15.4. The Bertz CT molecular complexity index is 624. The number of aromatic nitrogens is 1. The van der Waals surface area contributed by atoms with E-state index in [1.165, 1.54) is 0 Å². The number of carbonyl (C=O) groups excluding carboxylic acids is 1. The summed E-state index contributed by atoms with van der Waals surface area (Å²) in [5.41, 5.74) is 1.85. The molecular formula is C17H23N3O. The minimum atomic E-state index is -0.0637. The van der Waals surface area contributed by atoms with E-state index >= 15 is 0 Å².